The number of amides is 1. The molecule has 1 amide bonds. The summed E-state index contributed by atoms with van der Waals surface area (Å²) in [6, 6.07) is 4.94. The summed E-state index contributed by atoms with van der Waals surface area (Å²) >= 11 is 1.33. The second kappa shape index (κ2) is 6.42. The molecule has 6 nitrogen and oxygen atoms in total. The largest absolute Gasteiger partial charge is 0.467 e. The Balaban J connectivity index is 2.06. The molecule has 0 saturated carbocycles. The molecule has 0 saturated heterocycles. The van der Waals surface area contributed by atoms with Gasteiger partial charge in [0, 0.05) is 11.8 Å². The Labute approximate surface area is 120 Å². The lowest BCUT2D eigenvalue weighted by atomic mass is 10.4. The van der Waals surface area contributed by atoms with E-state index in [9.17, 15) is 9.59 Å². The fourth-order valence-corrected chi connectivity index (χ4v) is 2.30. The van der Waals surface area contributed by atoms with E-state index >= 15 is 0 Å². The normalized spacial score (nSPS) is 10.5. The average Bonchev–Trinajstić information content (AvgIpc) is 2.92. The predicted octanol–water partition coefficient (Wildman–Crippen LogP) is 1.18. The quantitative estimate of drug-likeness (QED) is 0.662. The Kier molecular flexibility index (Phi) is 4.62. The monoisotopic (exact) mass is 293 g/mol. The highest BCUT2D eigenvalue weighted by molar-refractivity contribution is 7.98. The molecule has 106 valence electrons. The van der Waals surface area contributed by atoms with Crippen LogP contribution in [0.4, 0.5) is 0 Å². The predicted molar refractivity (Wildman–Crippen MR) is 75.6 cm³/mol. The van der Waals surface area contributed by atoms with E-state index in [1.165, 1.54) is 22.4 Å². The van der Waals surface area contributed by atoms with E-state index in [1.807, 2.05) is 6.26 Å². The molecule has 0 atom stereocenters. The van der Waals surface area contributed by atoms with Crippen LogP contribution in [0.3, 0.4) is 0 Å². The zero-order chi connectivity index (χ0) is 14.5. The summed E-state index contributed by atoms with van der Waals surface area (Å²) in [5.41, 5.74) is 0.418. The van der Waals surface area contributed by atoms with E-state index in [-0.39, 0.29) is 18.0 Å². The van der Waals surface area contributed by atoms with Crippen molar-refractivity contribution < 1.29 is 9.21 Å². The molecule has 0 aromatic carbocycles. The lowest BCUT2D eigenvalue weighted by Crippen LogP contribution is -2.33. The van der Waals surface area contributed by atoms with Crippen molar-refractivity contribution in [1.29, 1.82) is 0 Å². The third-order valence-corrected chi connectivity index (χ3v) is 3.30. The Morgan fingerprint density at radius 2 is 2.35 bits per heavy atom. The maximum atomic E-state index is 11.9. The summed E-state index contributed by atoms with van der Waals surface area (Å²) in [7, 11) is 0. The summed E-state index contributed by atoms with van der Waals surface area (Å²) in [6.45, 7) is 2.00. The summed E-state index contributed by atoms with van der Waals surface area (Å²) < 4.78 is 6.48. The van der Waals surface area contributed by atoms with Crippen molar-refractivity contribution in [3.8, 4) is 0 Å². The first-order valence-corrected chi connectivity index (χ1v) is 7.24. The minimum atomic E-state index is -0.260. The van der Waals surface area contributed by atoms with Gasteiger partial charge in [0.05, 0.1) is 12.8 Å². The van der Waals surface area contributed by atoms with Gasteiger partial charge in [0.2, 0.25) is 5.91 Å². The molecule has 0 aliphatic heterocycles. The number of nitrogens with zero attached hydrogens (tertiary/aromatic N) is 2. The van der Waals surface area contributed by atoms with Crippen LogP contribution in [-0.2, 0) is 17.9 Å². The van der Waals surface area contributed by atoms with Gasteiger partial charge in [0.1, 0.15) is 12.3 Å². The maximum absolute atomic E-state index is 11.9. The highest BCUT2D eigenvalue weighted by atomic mass is 32.2. The van der Waals surface area contributed by atoms with Crippen LogP contribution in [-0.4, -0.2) is 21.7 Å². The van der Waals surface area contributed by atoms with Gasteiger partial charge in [0.15, 0.2) is 5.16 Å². The van der Waals surface area contributed by atoms with Gasteiger partial charge >= 0.3 is 0 Å². The van der Waals surface area contributed by atoms with Crippen LogP contribution >= 0.6 is 11.8 Å². The summed E-state index contributed by atoms with van der Waals surface area (Å²) in [4.78, 5) is 28.0. The molecule has 0 bridgehead atoms. The van der Waals surface area contributed by atoms with Crippen molar-refractivity contribution in [2.75, 3.05) is 6.26 Å². The zero-order valence-electron chi connectivity index (χ0n) is 11.3. The molecule has 0 spiro atoms. The van der Waals surface area contributed by atoms with Gasteiger partial charge in [-0.25, -0.2) is 4.98 Å². The number of aromatic nitrogens is 2. The maximum Gasteiger partial charge on any atom is 0.254 e. The first-order chi connectivity index (χ1) is 9.60. The van der Waals surface area contributed by atoms with Crippen LogP contribution in [0.1, 0.15) is 11.5 Å². The lowest BCUT2D eigenvalue weighted by Gasteiger charge is -2.10. The molecule has 2 aromatic heterocycles. The van der Waals surface area contributed by atoms with Gasteiger partial charge in [-0.2, -0.15) is 0 Å². The van der Waals surface area contributed by atoms with Crippen LogP contribution in [0.5, 0.6) is 0 Å². The van der Waals surface area contributed by atoms with E-state index < -0.39 is 0 Å². The Hall–Kier alpha value is -2.02. The first kappa shape index (κ1) is 14.4. The van der Waals surface area contributed by atoms with Crippen LogP contribution in [0.2, 0.25) is 0 Å². The third kappa shape index (κ3) is 3.51. The zero-order valence-corrected chi connectivity index (χ0v) is 12.1. The fourth-order valence-electron chi connectivity index (χ4n) is 1.69. The smallest absolute Gasteiger partial charge is 0.254 e. The van der Waals surface area contributed by atoms with Crippen molar-refractivity contribution in [3.63, 3.8) is 0 Å². The second-order valence-electron chi connectivity index (χ2n) is 4.16. The molecule has 0 radical (unpaired) electrons. The average molecular weight is 293 g/mol. The van der Waals surface area contributed by atoms with E-state index in [0.29, 0.717) is 23.2 Å². The number of furan rings is 1. The van der Waals surface area contributed by atoms with Gasteiger partial charge in [-0.3, -0.25) is 14.2 Å². The number of hydrogen-bond acceptors (Lipinski definition) is 5. The number of thioether (sulfide) groups is 1. The molecule has 2 heterocycles. The van der Waals surface area contributed by atoms with Crippen LogP contribution in [0, 0.1) is 6.92 Å². The number of carbonyl (C=O) groups is 1. The molecule has 0 fully saturated rings. The Morgan fingerprint density at radius 1 is 1.55 bits per heavy atom. The van der Waals surface area contributed by atoms with Gasteiger partial charge in [-0.05, 0) is 25.3 Å². The lowest BCUT2D eigenvalue weighted by molar-refractivity contribution is -0.122. The van der Waals surface area contributed by atoms with Gasteiger partial charge in [0.25, 0.3) is 5.56 Å². The Bertz CT molecular complexity index is 649. The van der Waals surface area contributed by atoms with Crippen molar-refractivity contribution >= 4 is 17.7 Å². The van der Waals surface area contributed by atoms with Gasteiger partial charge in [-0.1, -0.05) is 11.8 Å². The number of aryl methyl sites for hydroxylation is 1. The van der Waals surface area contributed by atoms with E-state index in [1.54, 1.807) is 25.3 Å². The fraction of sp³-hybridized carbons (Fsp3) is 0.308. The van der Waals surface area contributed by atoms with Gasteiger partial charge < -0.3 is 9.73 Å². The van der Waals surface area contributed by atoms with Crippen LogP contribution in [0.25, 0.3) is 0 Å². The van der Waals surface area contributed by atoms with Crippen LogP contribution < -0.4 is 10.9 Å². The summed E-state index contributed by atoms with van der Waals surface area (Å²) in [6.07, 6.45) is 3.36. The highest BCUT2D eigenvalue weighted by Crippen LogP contribution is 2.09. The number of hydrogen-bond donors (Lipinski definition) is 1. The first-order valence-electron chi connectivity index (χ1n) is 6.01. The standard InChI is InChI=1S/C13H15N3O3S/c1-9-6-12(18)16(13(15-9)20-2)8-11(17)14-7-10-4-3-5-19-10/h3-6H,7-8H2,1-2H3,(H,14,17). The topological polar surface area (TPSA) is 77.1 Å². The van der Waals surface area contributed by atoms with E-state index in [4.69, 9.17) is 4.42 Å². The molecule has 7 heteroatoms. The summed E-state index contributed by atoms with van der Waals surface area (Å²) in [5, 5.41) is 3.23. The van der Waals surface area contributed by atoms with Crippen molar-refractivity contribution in [2.45, 2.75) is 25.2 Å². The van der Waals surface area contributed by atoms with Crippen molar-refractivity contribution in [3.05, 3.63) is 46.3 Å². The minimum Gasteiger partial charge on any atom is -0.467 e. The van der Waals surface area contributed by atoms with Crippen molar-refractivity contribution in [2.24, 2.45) is 0 Å². The van der Waals surface area contributed by atoms with E-state index in [2.05, 4.69) is 10.3 Å². The Morgan fingerprint density at radius 3 is 3.00 bits per heavy atom. The second-order valence-corrected chi connectivity index (χ2v) is 4.94. The molecule has 2 aromatic rings. The molecule has 0 aliphatic carbocycles. The molecule has 0 unspecified atom stereocenters. The van der Waals surface area contributed by atoms with Crippen molar-refractivity contribution in [1.82, 2.24) is 14.9 Å². The highest BCUT2D eigenvalue weighted by Gasteiger charge is 2.10. The number of nitrogens with one attached hydrogen (secondary N) is 1. The summed E-state index contributed by atoms with van der Waals surface area (Å²) in [5.74, 6) is 0.405. The molecule has 0 aliphatic rings. The minimum absolute atomic E-state index is 0.0526. The number of rotatable bonds is 5. The van der Waals surface area contributed by atoms with Gasteiger partial charge in [-0.15, -0.1) is 0 Å². The molecule has 2 rings (SSSR count). The molecule has 20 heavy (non-hydrogen) atoms. The van der Waals surface area contributed by atoms with Crippen LogP contribution in [0.15, 0.2) is 38.8 Å². The molecular weight excluding hydrogens is 278 g/mol. The number of carbonyl (C=O) groups excluding carboxylic acids is 1. The third-order valence-electron chi connectivity index (χ3n) is 2.63. The van der Waals surface area contributed by atoms with E-state index in [0.717, 1.165) is 0 Å². The molecule has 1 N–H and O–H groups in total. The molecular formula is C13H15N3O3S. The SMILES string of the molecule is CSc1nc(C)cc(=O)n1CC(=O)NCc1ccco1.